The van der Waals surface area contributed by atoms with E-state index in [9.17, 15) is 0 Å². The number of fused-ring (bicyclic) bond motifs is 5. The third kappa shape index (κ3) is 3.36. The van der Waals surface area contributed by atoms with Crippen LogP contribution in [-0.2, 0) is 4.74 Å². The molecular formula is C29H50O. The van der Waals surface area contributed by atoms with Gasteiger partial charge in [-0.25, -0.2) is 0 Å². The van der Waals surface area contributed by atoms with Crippen LogP contribution in [0.4, 0.5) is 0 Å². The van der Waals surface area contributed by atoms with E-state index in [-0.39, 0.29) is 0 Å². The highest BCUT2D eigenvalue weighted by molar-refractivity contribution is 5.12. The van der Waals surface area contributed by atoms with E-state index in [0.717, 1.165) is 35.5 Å². The van der Waals surface area contributed by atoms with Crippen molar-refractivity contribution in [3.63, 3.8) is 0 Å². The molecule has 0 aliphatic heterocycles. The first-order valence-electron chi connectivity index (χ1n) is 13.2. The fourth-order valence-electron chi connectivity index (χ4n) is 10.1. The maximum Gasteiger partial charge on any atom is 0.0625 e. The second-order valence-electron chi connectivity index (χ2n) is 13.3. The fraction of sp³-hybridized carbons (Fsp3) is 0.931. The third-order valence-electron chi connectivity index (χ3n) is 11.5. The SMILES string of the molecule is COC1CCC2(C)C3CCC4(C)C(C(C)CC=C(C)C)CCC4C3CCC2C1(C)C. The lowest BCUT2D eigenvalue weighted by atomic mass is 9.41. The van der Waals surface area contributed by atoms with Gasteiger partial charge in [-0.1, -0.05) is 46.3 Å². The molecule has 172 valence electrons. The Balaban J connectivity index is 1.56. The molecule has 0 N–H and O–H groups in total. The molecular weight excluding hydrogens is 364 g/mol. The molecule has 0 amide bonds. The van der Waals surface area contributed by atoms with Crippen molar-refractivity contribution in [3.8, 4) is 0 Å². The molecule has 0 aromatic carbocycles. The Bertz CT molecular complexity index is 657. The van der Waals surface area contributed by atoms with E-state index >= 15 is 0 Å². The highest BCUT2D eigenvalue weighted by atomic mass is 16.5. The predicted molar refractivity (Wildman–Crippen MR) is 128 cm³/mol. The topological polar surface area (TPSA) is 9.23 Å². The van der Waals surface area contributed by atoms with Crippen molar-refractivity contribution in [2.45, 2.75) is 112 Å². The quantitative estimate of drug-likeness (QED) is 0.420. The molecule has 4 aliphatic rings. The van der Waals surface area contributed by atoms with Crippen LogP contribution in [-0.4, -0.2) is 13.2 Å². The summed E-state index contributed by atoms with van der Waals surface area (Å²) in [6, 6.07) is 0. The van der Waals surface area contributed by atoms with Crippen LogP contribution in [0.2, 0.25) is 0 Å². The number of allylic oxidation sites excluding steroid dienone is 2. The minimum Gasteiger partial charge on any atom is -0.381 e. The smallest absolute Gasteiger partial charge is 0.0625 e. The van der Waals surface area contributed by atoms with Gasteiger partial charge in [0.15, 0.2) is 0 Å². The van der Waals surface area contributed by atoms with Crippen molar-refractivity contribution in [3.05, 3.63) is 11.6 Å². The normalized spacial score (nSPS) is 48.3. The summed E-state index contributed by atoms with van der Waals surface area (Å²) in [4.78, 5) is 0. The zero-order valence-electron chi connectivity index (χ0n) is 21.4. The van der Waals surface area contributed by atoms with Crippen LogP contribution in [0.3, 0.4) is 0 Å². The van der Waals surface area contributed by atoms with E-state index in [1.165, 1.54) is 63.4 Å². The molecule has 0 radical (unpaired) electrons. The van der Waals surface area contributed by atoms with Crippen molar-refractivity contribution >= 4 is 0 Å². The summed E-state index contributed by atoms with van der Waals surface area (Å²) in [5, 5.41) is 0. The number of methoxy groups -OCH3 is 1. The molecule has 9 unspecified atom stereocenters. The maximum absolute atomic E-state index is 6.00. The van der Waals surface area contributed by atoms with Gasteiger partial charge < -0.3 is 4.74 Å². The largest absolute Gasteiger partial charge is 0.381 e. The summed E-state index contributed by atoms with van der Waals surface area (Å²) in [5.41, 5.74) is 2.95. The first kappa shape index (κ1) is 22.9. The Morgan fingerprint density at radius 1 is 0.900 bits per heavy atom. The fourth-order valence-corrected chi connectivity index (χ4v) is 10.1. The molecule has 1 heteroatoms. The van der Waals surface area contributed by atoms with Gasteiger partial charge in [0.25, 0.3) is 0 Å². The molecule has 4 aliphatic carbocycles. The van der Waals surface area contributed by atoms with E-state index in [1.807, 2.05) is 7.11 Å². The second-order valence-corrected chi connectivity index (χ2v) is 13.3. The van der Waals surface area contributed by atoms with Gasteiger partial charge in [0.2, 0.25) is 0 Å². The zero-order chi connectivity index (χ0) is 21.9. The molecule has 9 atom stereocenters. The van der Waals surface area contributed by atoms with Gasteiger partial charge in [-0.05, 0) is 123 Å². The minimum atomic E-state index is 0.324. The molecule has 4 saturated carbocycles. The van der Waals surface area contributed by atoms with Gasteiger partial charge >= 0.3 is 0 Å². The lowest BCUT2D eigenvalue weighted by Gasteiger charge is -2.65. The van der Waals surface area contributed by atoms with Crippen molar-refractivity contribution in [2.75, 3.05) is 7.11 Å². The second kappa shape index (κ2) is 7.93. The van der Waals surface area contributed by atoms with E-state index in [1.54, 1.807) is 0 Å². The van der Waals surface area contributed by atoms with E-state index in [4.69, 9.17) is 4.74 Å². The van der Waals surface area contributed by atoms with Crippen LogP contribution in [0.15, 0.2) is 11.6 Å². The van der Waals surface area contributed by atoms with Crippen LogP contribution in [0.1, 0.15) is 106 Å². The Morgan fingerprint density at radius 2 is 1.57 bits per heavy atom. The number of rotatable bonds is 4. The van der Waals surface area contributed by atoms with E-state index in [0.29, 0.717) is 22.3 Å². The summed E-state index contributed by atoms with van der Waals surface area (Å²) < 4.78 is 6.00. The summed E-state index contributed by atoms with van der Waals surface area (Å²) in [5.74, 6) is 5.54. The van der Waals surface area contributed by atoms with Gasteiger partial charge in [0.05, 0.1) is 6.10 Å². The van der Waals surface area contributed by atoms with Crippen LogP contribution in [0.5, 0.6) is 0 Å². The molecule has 0 spiro atoms. The average molecular weight is 415 g/mol. The van der Waals surface area contributed by atoms with Crippen LogP contribution >= 0.6 is 0 Å². The lowest BCUT2D eigenvalue weighted by Crippen LogP contribution is -2.59. The van der Waals surface area contributed by atoms with Crippen LogP contribution in [0, 0.1) is 51.8 Å². The van der Waals surface area contributed by atoms with Crippen molar-refractivity contribution < 1.29 is 4.74 Å². The van der Waals surface area contributed by atoms with E-state index in [2.05, 4.69) is 54.5 Å². The monoisotopic (exact) mass is 414 g/mol. The van der Waals surface area contributed by atoms with Gasteiger partial charge in [-0.2, -0.15) is 0 Å². The molecule has 4 rings (SSSR count). The van der Waals surface area contributed by atoms with E-state index < -0.39 is 0 Å². The van der Waals surface area contributed by atoms with Gasteiger partial charge in [0.1, 0.15) is 0 Å². The minimum absolute atomic E-state index is 0.324. The van der Waals surface area contributed by atoms with Crippen molar-refractivity contribution in [1.82, 2.24) is 0 Å². The lowest BCUT2D eigenvalue weighted by molar-refractivity contribution is -0.185. The molecule has 0 heterocycles. The molecule has 0 bridgehead atoms. The van der Waals surface area contributed by atoms with Crippen LogP contribution < -0.4 is 0 Å². The van der Waals surface area contributed by atoms with Crippen molar-refractivity contribution in [2.24, 2.45) is 51.8 Å². The summed E-state index contributed by atoms with van der Waals surface area (Å²) in [6.45, 7) is 17.5. The standard InChI is InChI=1S/C29H50O/c1-19(2)9-10-20(3)22-12-13-23-21-11-14-25-27(4,5)26(30-8)16-18-29(25,7)24(21)15-17-28(22,23)6/h9,20-26H,10-18H2,1-8H3. The molecule has 0 aromatic heterocycles. The maximum atomic E-state index is 6.00. The molecule has 0 saturated heterocycles. The molecule has 30 heavy (non-hydrogen) atoms. The summed E-state index contributed by atoms with van der Waals surface area (Å²) in [6.07, 6.45) is 15.8. The summed E-state index contributed by atoms with van der Waals surface area (Å²) >= 11 is 0. The van der Waals surface area contributed by atoms with Gasteiger partial charge in [-0.3, -0.25) is 0 Å². The number of hydrogen-bond acceptors (Lipinski definition) is 1. The third-order valence-corrected chi connectivity index (χ3v) is 11.5. The Labute approximate surface area is 187 Å². The van der Waals surface area contributed by atoms with Crippen molar-refractivity contribution in [1.29, 1.82) is 0 Å². The highest BCUT2D eigenvalue weighted by Gasteiger charge is 2.63. The highest BCUT2D eigenvalue weighted by Crippen LogP contribution is 2.70. The Hall–Kier alpha value is -0.300. The van der Waals surface area contributed by atoms with Gasteiger partial charge in [-0.15, -0.1) is 0 Å². The first-order valence-corrected chi connectivity index (χ1v) is 13.2. The van der Waals surface area contributed by atoms with Gasteiger partial charge in [0, 0.05) is 7.11 Å². The number of ether oxygens (including phenoxy) is 1. The zero-order valence-corrected chi connectivity index (χ0v) is 21.4. The molecule has 4 fully saturated rings. The number of hydrogen-bond donors (Lipinski definition) is 0. The summed E-state index contributed by atoms with van der Waals surface area (Å²) in [7, 11) is 1.95. The Morgan fingerprint density at radius 3 is 2.23 bits per heavy atom. The predicted octanol–water partition coefficient (Wildman–Crippen LogP) is 8.29. The van der Waals surface area contributed by atoms with Crippen LogP contribution in [0.25, 0.3) is 0 Å². The average Bonchev–Trinajstić information content (AvgIpc) is 3.03. The first-order chi connectivity index (χ1) is 14.1. The Kier molecular flexibility index (Phi) is 6.05. The molecule has 1 nitrogen and oxygen atoms in total. The molecule has 0 aromatic rings.